The molecule has 2 aromatic rings. The number of thiophene rings is 1. The van der Waals surface area contributed by atoms with Crippen LogP contribution in [-0.2, 0) is 6.42 Å². The highest BCUT2D eigenvalue weighted by Gasteiger charge is 2.27. The molecule has 20 heavy (non-hydrogen) atoms. The Labute approximate surface area is 121 Å². The van der Waals surface area contributed by atoms with Crippen molar-refractivity contribution in [3.63, 3.8) is 0 Å². The van der Waals surface area contributed by atoms with Crippen LogP contribution < -0.4 is 15.4 Å². The van der Waals surface area contributed by atoms with Gasteiger partial charge in [0.05, 0.1) is 12.0 Å². The highest BCUT2D eigenvalue weighted by atomic mass is 32.1. The molecule has 0 fully saturated rings. The minimum absolute atomic E-state index is 0.0142. The van der Waals surface area contributed by atoms with Crippen molar-refractivity contribution >= 4 is 28.6 Å². The first kappa shape index (κ1) is 13.0. The van der Waals surface area contributed by atoms with E-state index >= 15 is 0 Å². The largest absolute Gasteiger partial charge is 0.496 e. The van der Waals surface area contributed by atoms with Crippen molar-refractivity contribution in [1.29, 1.82) is 0 Å². The first-order chi connectivity index (χ1) is 9.60. The van der Waals surface area contributed by atoms with Gasteiger partial charge in [-0.2, -0.15) is 0 Å². The molecule has 104 valence electrons. The molecule has 1 aliphatic rings. The summed E-state index contributed by atoms with van der Waals surface area (Å²) >= 11 is 1.40. The number of benzene rings is 1. The molecular weight excluding hydrogens is 272 g/mol. The Balaban J connectivity index is 1.94. The molecule has 0 aliphatic carbocycles. The molecule has 0 unspecified atom stereocenters. The van der Waals surface area contributed by atoms with Gasteiger partial charge in [-0.15, -0.1) is 11.3 Å². The van der Waals surface area contributed by atoms with Crippen LogP contribution in [0.2, 0.25) is 0 Å². The maximum Gasteiger partial charge on any atom is 0.268 e. The molecule has 2 N–H and O–H groups in total. The molecule has 0 spiro atoms. The number of nitrogens with zero attached hydrogens (tertiary/aromatic N) is 1. The van der Waals surface area contributed by atoms with Crippen LogP contribution in [0.15, 0.2) is 23.6 Å². The van der Waals surface area contributed by atoms with Crippen LogP contribution in [0.4, 0.5) is 11.4 Å². The lowest BCUT2D eigenvalue weighted by atomic mass is 10.1. The Bertz CT molecular complexity index is 679. The summed E-state index contributed by atoms with van der Waals surface area (Å²) in [6, 6.07) is 5.76. The number of carbonyl (C=O) groups excluding carboxylic acids is 1. The first-order valence-corrected chi connectivity index (χ1v) is 7.31. The SMILES string of the molecule is COc1csc(C(=O)N2CCc3cc(C)c(N)cc32)c1. The minimum Gasteiger partial charge on any atom is -0.496 e. The van der Waals surface area contributed by atoms with Crippen LogP contribution in [-0.4, -0.2) is 19.6 Å². The van der Waals surface area contributed by atoms with Crippen molar-refractivity contribution in [2.75, 3.05) is 24.3 Å². The Hall–Kier alpha value is -2.01. The van der Waals surface area contributed by atoms with E-state index in [1.807, 2.05) is 18.4 Å². The highest BCUT2D eigenvalue weighted by Crippen LogP contribution is 2.34. The van der Waals surface area contributed by atoms with Crippen molar-refractivity contribution in [2.24, 2.45) is 0 Å². The zero-order valence-corrected chi connectivity index (χ0v) is 12.3. The molecule has 0 bridgehead atoms. The van der Waals surface area contributed by atoms with E-state index in [0.29, 0.717) is 11.4 Å². The summed E-state index contributed by atoms with van der Waals surface area (Å²) in [5, 5.41) is 1.84. The number of ether oxygens (including phenoxy) is 1. The molecule has 0 radical (unpaired) electrons. The third-order valence-corrected chi connectivity index (χ3v) is 4.53. The molecule has 0 saturated carbocycles. The molecule has 1 aliphatic heterocycles. The Morgan fingerprint density at radius 1 is 1.40 bits per heavy atom. The molecule has 0 saturated heterocycles. The van der Waals surface area contributed by atoms with Crippen molar-refractivity contribution in [3.8, 4) is 5.75 Å². The minimum atomic E-state index is 0.0142. The van der Waals surface area contributed by atoms with E-state index in [1.54, 1.807) is 18.1 Å². The lowest BCUT2D eigenvalue weighted by Gasteiger charge is -2.17. The van der Waals surface area contributed by atoms with Crippen molar-refractivity contribution in [1.82, 2.24) is 0 Å². The van der Waals surface area contributed by atoms with Gasteiger partial charge >= 0.3 is 0 Å². The number of hydrogen-bond donors (Lipinski definition) is 1. The van der Waals surface area contributed by atoms with Gasteiger partial charge in [-0.25, -0.2) is 0 Å². The van der Waals surface area contributed by atoms with Gasteiger partial charge in [0.2, 0.25) is 0 Å². The van der Waals surface area contributed by atoms with Crippen molar-refractivity contribution in [3.05, 3.63) is 39.6 Å². The predicted octanol–water partition coefficient (Wildman–Crippen LogP) is 2.85. The standard InChI is InChI=1S/C15H16N2O2S/c1-9-5-10-3-4-17(13(10)7-12(9)16)15(18)14-6-11(19-2)8-20-14/h5-8H,3-4,16H2,1-2H3. The number of amides is 1. The normalized spacial score (nSPS) is 13.4. The van der Waals surface area contributed by atoms with Gasteiger partial charge in [0.1, 0.15) is 5.75 Å². The molecule has 0 atom stereocenters. The highest BCUT2D eigenvalue weighted by molar-refractivity contribution is 7.12. The Morgan fingerprint density at radius 2 is 2.20 bits per heavy atom. The average Bonchev–Trinajstić information content (AvgIpc) is 3.05. The second kappa shape index (κ2) is 4.83. The first-order valence-electron chi connectivity index (χ1n) is 6.43. The monoisotopic (exact) mass is 288 g/mol. The summed E-state index contributed by atoms with van der Waals surface area (Å²) in [7, 11) is 1.60. The fraction of sp³-hybridized carbons (Fsp3) is 0.267. The lowest BCUT2D eigenvalue weighted by Crippen LogP contribution is -2.28. The summed E-state index contributed by atoms with van der Waals surface area (Å²) in [4.78, 5) is 15.1. The van der Waals surface area contributed by atoms with Gasteiger partial charge in [-0.05, 0) is 30.5 Å². The Kier molecular flexibility index (Phi) is 3.14. The molecule has 4 nitrogen and oxygen atoms in total. The van der Waals surface area contributed by atoms with Crippen LogP contribution in [0.3, 0.4) is 0 Å². The van der Waals surface area contributed by atoms with Gasteiger partial charge in [0, 0.05) is 29.4 Å². The molecule has 1 amide bonds. The number of rotatable bonds is 2. The van der Waals surface area contributed by atoms with Crippen molar-refractivity contribution < 1.29 is 9.53 Å². The number of nitrogens with two attached hydrogens (primary N) is 1. The summed E-state index contributed by atoms with van der Waals surface area (Å²) in [5.74, 6) is 0.737. The van der Waals surface area contributed by atoms with E-state index in [0.717, 1.165) is 29.1 Å². The summed E-state index contributed by atoms with van der Waals surface area (Å²) < 4.78 is 5.13. The van der Waals surface area contributed by atoms with E-state index in [-0.39, 0.29) is 5.91 Å². The molecular formula is C15H16N2O2S. The van der Waals surface area contributed by atoms with E-state index in [1.165, 1.54) is 16.9 Å². The fourth-order valence-corrected chi connectivity index (χ4v) is 3.26. The predicted molar refractivity (Wildman–Crippen MR) is 81.8 cm³/mol. The summed E-state index contributed by atoms with van der Waals surface area (Å²) in [6.45, 7) is 2.70. The quantitative estimate of drug-likeness (QED) is 0.865. The fourth-order valence-electron chi connectivity index (χ4n) is 2.46. The van der Waals surface area contributed by atoms with Gasteiger partial charge in [0.15, 0.2) is 0 Å². The number of hydrogen-bond acceptors (Lipinski definition) is 4. The zero-order chi connectivity index (χ0) is 14.3. The number of aryl methyl sites for hydroxylation is 1. The van der Waals surface area contributed by atoms with Crippen molar-refractivity contribution in [2.45, 2.75) is 13.3 Å². The van der Waals surface area contributed by atoms with Gasteiger partial charge < -0.3 is 15.4 Å². The topological polar surface area (TPSA) is 55.6 Å². The molecule has 1 aromatic heterocycles. The van der Waals surface area contributed by atoms with E-state index in [9.17, 15) is 4.79 Å². The maximum absolute atomic E-state index is 12.6. The third-order valence-electron chi connectivity index (χ3n) is 3.63. The number of fused-ring (bicyclic) bond motifs is 1. The van der Waals surface area contributed by atoms with Crippen LogP contribution in [0, 0.1) is 6.92 Å². The third kappa shape index (κ3) is 2.04. The van der Waals surface area contributed by atoms with Gasteiger partial charge in [-0.3, -0.25) is 4.79 Å². The lowest BCUT2D eigenvalue weighted by molar-refractivity contribution is 0.0993. The molecule has 1 aromatic carbocycles. The van der Waals surface area contributed by atoms with Crippen LogP contribution in [0.5, 0.6) is 5.75 Å². The summed E-state index contributed by atoms with van der Waals surface area (Å²) in [5.41, 5.74) is 9.88. The number of anilines is 2. The second-order valence-corrected chi connectivity index (χ2v) is 5.81. The van der Waals surface area contributed by atoms with E-state index < -0.39 is 0 Å². The van der Waals surface area contributed by atoms with E-state index in [4.69, 9.17) is 10.5 Å². The Morgan fingerprint density at radius 3 is 2.90 bits per heavy atom. The smallest absolute Gasteiger partial charge is 0.268 e. The number of nitrogen functional groups attached to an aromatic ring is 1. The second-order valence-electron chi connectivity index (χ2n) is 4.90. The van der Waals surface area contributed by atoms with E-state index in [2.05, 4.69) is 6.07 Å². The summed E-state index contributed by atoms with van der Waals surface area (Å²) in [6.07, 6.45) is 0.880. The van der Waals surface area contributed by atoms with Crippen LogP contribution in [0.1, 0.15) is 20.8 Å². The average molecular weight is 288 g/mol. The van der Waals surface area contributed by atoms with Crippen LogP contribution >= 0.6 is 11.3 Å². The molecule has 2 heterocycles. The molecule has 3 rings (SSSR count). The molecule has 5 heteroatoms. The zero-order valence-electron chi connectivity index (χ0n) is 11.5. The number of carbonyl (C=O) groups is 1. The van der Waals surface area contributed by atoms with Gasteiger partial charge in [0.25, 0.3) is 5.91 Å². The maximum atomic E-state index is 12.6. The number of methoxy groups -OCH3 is 1. The van der Waals surface area contributed by atoms with Crippen LogP contribution in [0.25, 0.3) is 0 Å². The van der Waals surface area contributed by atoms with Gasteiger partial charge in [-0.1, -0.05) is 6.07 Å².